The van der Waals surface area contributed by atoms with Crippen LogP contribution in [0, 0.1) is 0 Å². The van der Waals surface area contributed by atoms with E-state index in [0.717, 1.165) is 5.56 Å². The number of methoxy groups -OCH3 is 1. The predicted molar refractivity (Wildman–Crippen MR) is 123 cm³/mol. The molecular weight excluding hydrogens is 503 g/mol. The van der Waals surface area contributed by atoms with Crippen LogP contribution in [0.2, 0.25) is 5.02 Å². The Hall–Kier alpha value is -4.25. The Morgan fingerprint density at radius 1 is 1.00 bits per heavy atom. The Morgan fingerprint density at radius 3 is 2.22 bits per heavy atom. The second kappa shape index (κ2) is 10.2. The average molecular weight is 520 g/mol. The van der Waals surface area contributed by atoms with Crippen molar-refractivity contribution in [1.82, 2.24) is 15.0 Å². The van der Waals surface area contributed by atoms with Crippen LogP contribution >= 0.6 is 11.6 Å². The molecular formula is C24H17ClF3N3O5. The van der Waals surface area contributed by atoms with E-state index in [-0.39, 0.29) is 34.6 Å². The van der Waals surface area contributed by atoms with E-state index in [1.807, 2.05) is 0 Å². The normalized spacial score (nSPS) is 11.2. The number of nitrogens with zero attached hydrogens (tertiary/aromatic N) is 3. The summed E-state index contributed by atoms with van der Waals surface area (Å²) in [6, 6.07) is 16.9. The minimum absolute atomic E-state index is 0.101. The molecule has 36 heavy (non-hydrogen) atoms. The van der Waals surface area contributed by atoms with Crippen LogP contribution < -0.4 is 14.2 Å². The van der Waals surface area contributed by atoms with Crippen molar-refractivity contribution in [2.24, 2.45) is 0 Å². The third-order valence-electron chi connectivity index (χ3n) is 4.94. The van der Waals surface area contributed by atoms with Crippen LogP contribution in [0.5, 0.6) is 23.1 Å². The van der Waals surface area contributed by atoms with Crippen molar-refractivity contribution in [3.05, 3.63) is 83.0 Å². The summed E-state index contributed by atoms with van der Waals surface area (Å²) in [5.41, 5.74) is 1.47. The Morgan fingerprint density at radius 2 is 1.64 bits per heavy atom. The molecule has 0 aliphatic heterocycles. The van der Waals surface area contributed by atoms with Gasteiger partial charge in [0.2, 0.25) is 5.69 Å². The summed E-state index contributed by atoms with van der Waals surface area (Å²) in [6.07, 6.45) is -4.79. The largest absolute Gasteiger partial charge is 0.573 e. The first-order chi connectivity index (χ1) is 17.1. The summed E-state index contributed by atoms with van der Waals surface area (Å²) in [6.45, 7) is 0.178. The van der Waals surface area contributed by atoms with E-state index in [2.05, 4.69) is 15.0 Å². The van der Waals surface area contributed by atoms with E-state index in [1.165, 1.54) is 41.1 Å². The lowest BCUT2D eigenvalue weighted by molar-refractivity contribution is -0.274. The Bertz CT molecular complexity index is 1370. The van der Waals surface area contributed by atoms with Gasteiger partial charge in [0.25, 0.3) is 5.88 Å². The highest BCUT2D eigenvalue weighted by Crippen LogP contribution is 2.35. The second-order valence-electron chi connectivity index (χ2n) is 7.37. The number of hydrogen-bond acceptors (Lipinski definition) is 6. The topological polar surface area (TPSA) is 95.7 Å². The molecule has 1 heterocycles. The van der Waals surface area contributed by atoms with Gasteiger partial charge in [-0.15, -0.1) is 18.3 Å². The summed E-state index contributed by atoms with van der Waals surface area (Å²) in [5.74, 6) is -0.911. The number of alkyl halides is 3. The smallest absolute Gasteiger partial charge is 0.497 e. The Balaban J connectivity index is 1.57. The van der Waals surface area contributed by atoms with E-state index in [0.29, 0.717) is 16.9 Å². The quantitative estimate of drug-likeness (QED) is 0.303. The van der Waals surface area contributed by atoms with Crippen molar-refractivity contribution in [3.63, 3.8) is 0 Å². The van der Waals surface area contributed by atoms with Crippen LogP contribution in [0.4, 0.5) is 13.2 Å². The number of ether oxygens (including phenoxy) is 3. The van der Waals surface area contributed by atoms with Gasteiger partial charge in [0.05, 0.1) is 18.7 Å². The molecule has 0 radical (unpaired) electrons. The molecule has 4 rings (SSSR count). The molecule has 1 N–H and O–H groups in total. The summed E-state index contributed by atoms with van der Waals surface area (Å²) < 4.78 is 53.3. The molecule has 3 aromatic carbocycles. The molecule has 4 aromatic rings. The van der Waals surface area contributed by atoms with Crippen LogP contribution in [-0.2, 0) is 6.54 Å². The minimum Gasteiger partial charge on any atom is -0.497 e. The second-order valence-corrected chi connectivity index (χ2v) is 7.78. The summed E-state index contributed by atoms with van der Waals surface area (Å²) in [4.78, 5) is 11.7. The molecule has 0 saturated carbocycles. The highest BCUT2D eigenvalue weighted by Gasteiger charge is 2.31. The first kappa shape index (κ1) is 24.9. The van der Waals surface area contributed by atoms with Gasteiger partial charge in [0, 0.05) is 11.6 Å². The Kier molecular flexibility index (Phi) is 7.02. The van der Waals surface area contributed by atoms with E-state index < -0.39 is 12.3 Å². The molecule has 1 aromatic heterocycles. The number of halogens is 4. The van der Waals surface area contributed by atoms with Crippen molar-refractivity contribution in [2.75, 3.05) is 7.11 Å². The molecule has 0 amide bonds. The van der Waals surface area contributed by atoms with Crippen LogP contribution in [0.3, 0.4) is 0 Å². The number of aromatic carboxylic acids is 1. The van der Waals surface area contributed by atoms with Gasteiger partial charge < -0.3 is 19.3 Å². The zero-order valence-corrected chi connectivity index (χ0v) is 19.2. The molecule has 0 aliphatic carbocycles. The number of carboxylic acid groups (broad SMARTS) is 1. The zero-order chi connectivity index (χ0) is 25.9. The standard InChI is InChI=1S/C24H17ClF3N3O5/c1-34-16-6-2-14(3-7-16)13-31-22(21(23(32)33)29-30-31)35-18-10-11-19(20(25)12-18)15-4-8-17(9-5-15)36-24(26,27)28/h2-12H,13H2,1H3,(H,32,33). The maximum atomic E-state index is 12.4. The van der Waals surface area contributed by atoms with Crippen molar-refractivity contribution < 1.29 is 37.3 Å². The van der Waals surface area contributed by atoms with Gasteiger partial charge in [-0.2, -0.15) is 0 Å². The molecule has 186 valence electrons. The number of carbonyl (C=O) groups is 1. The molecule has 12 heteroatoms. The van der Waals surface area contributed by atoms with E-state index in [4.69, 9.17) is 21.1 Å². The average Bonchev–Trinajstić information content (AvgIpc) is 3.21. The summed E-state index contributed by atoms with van der Waals surface area (Å²) >= 11 is 6.39. The van der Waals surface area contributed by atoms with Gasteiger partial charge in [-0.05, 0) is 47.5 Å². The number of aromatic nitrogens is 3. The van der Waals surface area contributed by atoms with E-state index >= 15 is 0 Å². The van der Waals surface area contributed by atoms with E-state index in [1.54, 1.807) is 37.4 Å². The number of benzene rings is 3. The van der Waals surface area contributed by atoms with Gasteiger partial charge >= 0.3 is 12.3 Å². The van der Waals surface area contributed by atoms with Crippen molar-refractivity contribution in [2.45, 2.75) is 12.9 Å². The van der Waals surface area contributed by atoms with Crippen LogP contribution in [-0.4, -0.2) is 39.5 Å². The number of rotatable bonds is 8. The minimum atomic E-state index is -4.79. The zero-order valence-electron chi connectivity index (χ0n) is 18.5. The number of carboxylic acids is 1. The maximum absolute atomic E-state index is 12.4. The Labute approximate surface area is 207 Å². The van der Waals surface area contributed by atoms with Crippen molar-refractivity contribution in [1.29, 1.82) is 0 Å². The monoisotopic (exact) mass is 519 g/mol. The van der Waals surface area contributed by atoms with Gasteiger partial charge in [-0.1, -0.05) is 41.1 Å². The molecule has 0 saturated heterocycles. The third kappa shape index (κ3) is 5.87. The van der Waals surface area contributed by atoms with Gasteiger partial charge in [-0.3, -0.25) is 0 Å². The lowest BCUT2D eigenvalue weighted by Gasteiger charge is -2.12. The molecule has 0 unspecified atom stereocenters. The highest BCUT2D eigenvalue weighted by molar-refractivity contribution is 6.33. The first-order valence-corrected chi connectivity index (χ1v) is 10.6. The molecule has 0 atom stereocenters. The summed E-state index contributed by atoms with van der Waals surface area (Å²) in [5, 5.41) is 17.3. The molecule has 0 bridgehead atoms. The lowest BCUT2D eigenvalue weighted by Crippen LogP contribution is -2.16. The molecule has 0 aliphatic rings. The SMILES string of the molecule is COc1ccc(Cn2nnc(C(=O)O)c2Oc2ccc(-c3ccc(OC(F)(F)F)cc3)c(Cl)c2)cc1. The lowest BCUT2D eigenvalue weighted by atomic mass is 10.1. The maximum Gasteiger partial charge on any atom is 0.573 e. The molecule has 0 spiro atoms. The highest BCUT2D eigenvalue weighted by atomic mass is 35.5. The fraction of sp³-hybridized carbons (Fsp3) is 0.125. The van der Waals surface area contributed by atoms with Crippen LogP contribution in [0.15, 0.2) is 66.7 Å². The third-order valence-corrected chi connectivity index (χ3v) is 5.25. The van der Waals surface area contributed by atoms with Gasteiger partial charge in [0.1, 0.15) is 17.2 Å². The fourth-order valence-electron chi connectivity index (χ4n) is 3.29. The molecule has 8 nitrogen and oxygen atoms in total. The van der Waals surface area contributed by atoms with Crippen molar-refractivity contribution in [3.8, 4) is 34.3 Å². The van der Waals surface area contributed by atoms with Crippen LogP contribution in [0.25, 0.3) is 11.1 Å². The van der Waals surface area contributed by atoms with Gasteiger partial charge in [0.15, 0.2) is 0 Å². The molecule has 0 fully saturated rings. The predicted octanol–water partition coefficient (Wildman–Crippen LogP) is 6.04. The summed E-state index contributed by atoms with van der Waals surface area (Å²) in [7, 11) is 1.55. The fourth-order valence-corrected chi connectivity index (χ4v) is 3.57. The number of hydrogen-bond donors (Lipinski definition) is 1. The van der Waals surface area contributed by atoms with E-state index in [9.17, 15) is 23.1 Å². The van der Waals surface area contributed by atoms with Gasteiger partial charge in [-0.25, -0.2) is 9.48 Å². The van der Waals surface area contributed by atoms with Crippen LogP contribution in [0.1, 0.15) is 16.1 Å². The van der Waals surface area contributed by atoms with Crippen molar-refractivity contribution >= 4 is 17.6 Å². The first-order valence-electron chi connectivity index (χ1n) is 10.3.